The van der Waals surface area contributed by atoms with Crippen molar-refractivity contribution in [2.45, 2.75) is 58.1 Å². The molecule has 0 aromatic carbocycles. The maximum atomic E-state index is 9.35. The van der Waals surface area contributed by atoms with Gasteiger partial charge < -0.3 is 10.4 Å². The Morgan fingerprint density at radius 2 is 2.00 bits per heavy atom. The highest BCUT2D eigenvalue weighted by Crippen LogP contribution is 2.24. The molecule has 13 heavy (non-hydrogen) atoms. The Hall–Kier alpha value is -0.0800. The van der Waals surface area contributed by atoms with Gasteiger partial charge >= 0.3 is 0 Å². The quantitative estimate of drug-likeness (QED) is 0.686. The van der Waals surface area contributed by atoms with E-state index in [1.54, 1.807) is 0 Å². The first kappa shape index (κ1) is 11.0. The molecule has 0 heterocycles. The summed E-state index contributed by atoms with van der Waals surface area (Å²) in [5.74, 6) is 0.718. The minimum absolute atomic E-state index is 0.0199. The largest absolute Gasteiger partial charge is 0.393 e. The van der Waals surface area contributed by atoms with Crippen LogP contribution in [0.1, 0.15) is 46.0 Å². The molecule has 0 bridgehead atoms. The van der Waals surface area contributed by atoms with Crippen LogP contribution in [0.5, 0.6) is 0 Å². The lowest BCUT2D eigenvalue weighted by molar-refractivity contribution is 0.177. The lowest BCUT2D eigenvalue weighted by atomic mass is 10.1. The number of nitrogens with one attached hydrogen (secondary N) is 1. The molecule has 0 aliphatic heterocycles. The van der Waals surface area contributed by atoms with E-state index in [4.69, 9.17) is 0 Å². The second-order valence-electron chi connectivity index (χ2n) is 4.25. The smallest absolute Gasteiger partial charge is 0.0543 e. The fourth-order valence-corrected chi connectivity index (χ4v) is 2.14. The molecule has 0 aromatic rings. The molecular formula is C11H23NO. The van der Waals surface area contributed by atoms with E-state index in [9.17, 15) is 5.11 Å². The molecule has 0 aromatic heterocycles. The zero-order valence-electron chi connectivity index (χ0n) is 8.92. The van der Waals surface area contributed by atoms with Crippen LogP contribution in [-0.2, 0) is 0 Å². The Balaban J connectivity index is 2.11. The minimum atomic E-state index is -0.0199. The van der Waals surface area contributed by atoms with Gasteiger partial charge in [-0.15, -0.1) is 0 Å². The van der Waals surface area contributed by atoms with E-state index in [-0.39, 0.29) is 6.10 Å². The standard InChI is InChI=1S/C11H23NO/c1-3-10(4-2)12-8-9-5-6-11(13)7-9/h9-13H,3-8H2,1-2H3. The van der Waals surface area contributed by atoms with Gasteiger partial charge in [0, 0.05) is 6.04 Å². The summed E-state index contributed by atoms with van der Waals surface area (Å²) >= 11 is 0. The van der Waals surface area contributed by atoms with Crippen LogP contribution >= 0.6 is 0 Å². The van der Waals surface area contributed by atoms with Crippen molar-refractivity contribution in [1.82, 2.24) is 5.32 Å². The van der Waals surface area contributed by atoms with Gasteiger partial charge in [-0.05, 0) is 44.6 Å². The van der Waals surface area contributed by atoms with Gasteiger partial charge in [0.05, 0.1) is 6.10 Å². The summed E-state index contributed by atoms with van der Waals surface area (Å²) in [7, 11) is 0. The van der Waals surface area contributed by atoms with Gasteiger partial charge in [-0.3, -0.25) is 0 Å². The Labute approximate surface area is 81.7 Å². The summed E-state index contributed by atoms with van der Waals surface area (Å²) in [6.45, 7) is 5.55. The third-order valence-electron chi connectivity index (χ3n) is 3.19. The molecule has 2 N–H and O–H groups in total. The number of rotatable bonds is 5. The van der Waals surface area contributed by atoms with Gasteiger partial charge in [-0.1, -0.05) is 13.8 Å². The van der Waals surface area contributed by atoms with Crippen molar-refractivity contribution in [3.8, 4) is 0 Å². The van der Waals surface area contributed by atoms with Gasteiger partial charge in [-0.2, -0.15) is 0 Å². The van der Waals surface area contributed by atoms with Crippen molar-refractivity contribution in [2.24, 2.45) is 5.92 Å². The molecule has 0 saturated heterocycles. The second kappa shape index (κ2) is 5.61. The molecule has 2 unspecified atom stereocenters. The van der Waals surface area contributed by atoms with Crippen molar-refractivity contribution in [3.05, 3.63) is 0 Å². The first-order chi connectivity index (χ1) is 6.26. The van der Waals surface area contributed by atoms with Gasteiger partial charge in [0.2, 0.25) is 0 Å². The predicted molar refractivity (Wildman–Crippen MR) is 55.7 cm³/mol. The topological polar surface area (TPSA) is 32.3 Å². The highest BCUT2D eigenvalue weighted by atomic mass is 16.3. The number of hydrogen-bond donors (Lipinski definition) is 2. The van der Waals surface area contributed by atoms with Crippen molar-refractivity contribution in [2.75, 3.05) is 6.54 Å². The first-order valence-electron chi connectivity index (χ1n) is 5.67. The number of aliphatic hydroxyl groups excluding tert-OH is 1. The van der Waals surface area contributed by atoms with E-state index in [2.05, 4.69) is 19.2 Å². The van der Waals surface area contributed by atoms with Crippen LogP contribution in [0.2, 0.25) is 0 Å². The average molecular weight is 185 g/mol. The molecule has 0 spiro atoms. The summed E-state index contributed by atoms with van der Waals surface area (Å²) in [5, 5.41) is 12.9. The van der Waals surface area contributed by atoms with Gasteiger partial charge in [0.15, 0.2) is 0 Å². The maximum Gasteiger partial charge on any atom is 0.0543 e. The molecule has 1 aliphatic carbocycles. The summed E-state index contributed by atoms with van der Waals surface area (Å²) in [5.41, 5.74) is 0. The second-order valence-corrected chi connectivity index (χ2v) is 4.25. The van der Waals surface area contributed by atoms with Crippen LogP contribution in [0.15, 0.2) is 0 Å². The Morgan fingerprint density at radius 3 is 2.46 bits per heavy atom. The van der Waals surface area contributed by atoms with Crippen LogP contribution in [0.25, 0.3) is 0 Å². The zero-order valence-corrected chi connectivity index (χ0v) is 8.92. The van der Waals surface area contributed by atoms with Crippen LogP contribution in [-0.4, -0.2) is 23.8 Å². The summed E-state index contributed by atoms with van der Waals surface area (Å²) in [4.78, 5) is 0. The fourth-order valence-electron chi connectivity index (χ4n) is 2.14. The van der Waals surface area contributed by atoms with E-state index < -0.39 is 0 Å². The van der Waals surface area contributed by atoms with Gasteiger partial charge in [0.25, 0.3) is 0 Å². The van der Waals surface area contributed by atoms with E-state index in [1.807, 2.05) is 0 Å². The van der Waals surface area contributed by atoms with E-state index >= 15 is 0 Å². The van der Waals surface area contributed by atoms with Crippen LogP contribution in [0.3, 0.4) is 0 Å². The molecule has 1 rings (SSSR count). The lowest BCUT2D eigenvalue weighted by Gasteiger charge is -2.17. The third-order valence-corrected chi connectivity index (χ3v) is 3.19. The van der Waals surface area contributed by atoms with Crippen LogP contribution in [0.4, 0.5) is 0 Å². The number of hydrogen-bond acceptors (Lipinski definition) is 2. The molecule has 0 radical (unpaired) electrons. The molecule has 1 saturated carbocycles. The van der Waals surface area contributed by atoms with E-state index in [1.165, 1.54) is 19.3 Å². The van der Waals surface area contributed by atoms with Crippen molar-refractivity contribution >= 4 is 0 Å². The third kappa shape index (κ3) is 3.65. The van der Waals surface area contributed by atoms with Crippen molar-refractivity contribution in [3.63, 3.8) is 0 Å². The molecule has 78 valence electrons. The van der Waals surface area contributed by atoms with E-state index in [0.29, 0.717) is 6.04 Å². The average Bonchev–Trinajstić information content (AvgIpc) is 2.53. The molecule has 0 amide bonds. The minimum Gasteiger partial charge on any atom is -0.393 e. The fraction of sp³-hybridized carbons (Fsp3) is 1.00. The molecule has 1 aliphatic rings. The maximum absolute atomic E-state index is 9.35. The Morgan fingerprint density at radius 1 is 1.31 bits per heavy atom. The normalized spacial score (nSPS) is 28.6. The summed E-state index contributed by atoms with van der Waals surface area (Å²) in [6.07, 6.45) is 5.63. The van der Waals surface area contributed by atoms with Gasteiger partial charge in [0.1, 0.15) is 0 Å². The summed E-state index contributed by atoms with van der Waals surface area (Å²) < 4.78 is 0. The highest BCUT2D eigenvalue weighted by Gasteiger charge is 2.22. The van der Waals surface area contributed by atoms with Crippen LogP contribution in [0, 0.1) is 5.92 Å². The van der Waals surface area contributed by atoms with Crippen molar-refractivity contribution < 1.29 is 5.11 Å². The Kier molecular flexibility index (Phi) is 4.74. The summed E-state index contributed by atoms with van der Waals surface area (Å²) in [6, 6.07) is 0.678. The van der Waals surface area contributed by atoms with Gasteiger partial charge in [-0.25, -0.2) is 0 Å². The molecule has 2 nitrogen and oxygen atoms in total. The monoisotopic (exact) mass is 185 g/mol. The molecule has 2 heteroatoms. The van der Waals surface area contributed by atoms with E-state index in [0.717, 1.165) is 25.3 Å². The SMILES string of the molecule is CCC(CC)NCC1CCC(O)C1. The molecule has 1 fully saturated rings. The zero-order chi connectivity index (χ0) is 9.68. The first-order valence-corrected chi connectivity index (χ1v) is 5.67. The predicted octanol–water partition coefficient (Wildman–Crippen LogP) is 1.93. The highest BCUT2D eigenvalue weighted by molar-refractivity contribution is 4.77. The van der Waals surface area contributed by atoms with Crippen molar-refractivity contribution in [1.29, 1.82) is 0 Å². The molecular weight excluding hydrogens is 162 g/mol. The molecule has 2 atom stereocenters. The lowest BCUT2D eigenvalue weighted by Crippen LogP contribution is -2.31. The van der Waals surface area contributed by atoms with Crippen LogP contribution < -0.4 is 5.32 Å². The number of aliphatic hydroxyl groups is 1. The Bertz CT molecular complexity index is 134.